The lowest BCUT2D eigenvalue weighted by Gasteiger charge is -2.53. The van der Waals surface area contributed by atoms with E-state index in [-0.39, 0.29) is 29.3 Å². The topological polar surface area (TPSA) is 83.4 Å². The van der Waals surface area contributed by atoms with Gasteiger partial charge in [-0.1, -0.05) is 12.1 Å². The standard InChI is InChI=1S/C22H21F4N5O2/c1-10(14-4-3-5-16(18(14)23)22(24,25)26)27-20-15-7-17(31-12-6-13(31)9-33-8-12)21(32)28-19(15)11(2)29-30-20/h3-5,7,10,12-13H,6,8-9H2,1-2H3,(H,27,30)(H,28,32)/t10-,12?,13?/m1/s1. The molecular formula is C22H21F4N5O2. The molecule has 4 heterocycles. The highest BCUT2D eigenvalue weighted by molar-refractivity contribution is 5.94. The number of rotatable bonds is 4. The van der Waals surface area contributed by atoms with Crippen LogP contribution in [0.1, 0.15) is 36.2 Å². The van der Waals surface area contributed by atoms with Gasteiger partial charge in [0.15, 0.2) is 5.82 Å². The Morgan fingerprint density at radius 3 is 2.61 bits per heavy atom. The van der Waals surface area contributed by atoms with E-state index >= 15 is 0 Å². The summed E-state index contributed by atoms with van der Waals surface area (Å²) in [5, 5.41) is 22.3. The van der Waals surface area contributed by atoms with Crippen molar-refractivity contribution in [1.82, 2.24) is 15.2 Å². The van der Waals surface area contributed by atoms with Crippen molar-refractivity contribution in [2.24, 2.45) is 0 Å². The number of halogens is 4. The van der Waals surface area contributed by atoms with Crippen LogP contribution in [0.3, 0.4) is 0 Å². The summed E-state index contributed by atoms with van der Waals surface area (Å²) in [4.78, 5) is 6.37. The number of pyridine rings is 1. The molecule has 3 aromatic rings. The summed E-state index contributed by atoms with van der Waals surface area (Å²) >= 11 is 0. The van der Waals surface area contributed by atoms with Gasteiger partial charge < -0.3 is 20.1 Å². The number of nitrogens with zero attached hydrogens (tertiary/aromatic N) is 4. The predicted molar refractivity (Wildman–Crippen MR) is 113 cm³/mol. The number of benzene rings is 1. The van der Waals surface area contributed by atoms with E-state index in [0.717, 1.165) is 6.42 Å². The van der Waals surface area contributed by atoms with Gasteiger partial charge in [-0.05, 0) is 32.4 Å². The minimum atomic E-state index is -4.80. The number of hydrogen-bond donors (Lipinski definition) is 2. The molecule has 174 valence electrons. The Kier molecular flexibility index (Phi) is 5.04. The lowest BCUT2D eigenvalue weighted by molar-refractivity contribution is -0.140. The number of fused-ring (bicyclic) bond motifs is 3. The van der Waals surface area contributed by atoms with E-state index < -0.39 is 23.6 Å². The monoisotopic (exact) mass is 463 g/mol. The minimum absolute atomic E-state index is 0.138. The number of alkyl halides is 3. The van der Waals surface area contributed by atoms with Gasteiger partial charge in [-0.2, -0.15) is 18.3 Å². The van der Waals surface area contributed by atoms with Gasteiger partial charge in [0.2, 0.25) is 5.88 Å². The molecule has 2 aromatic heterocycles. The number of aryl methyl sites for hydroxylation is 1. The molecular weight excluding hydrogens is 442 g/mol. The molecule has 2 fully saturated rings. The van der Waals surface area contributed by atoms with E-state index in [4.69, 9.17) is 4.74 Å². The van der Waals surface area contributed by atoms with E-state index in [0.29, 0.717) is 41.6 Å². The van der Waals surface area contributed by atoms with Gasteiger partial charge in [0.05, 0.1) is 42.6 Å². The van der Waals surface area contributed by atoms with Gasteiger partial charge >= 0.3 is 6.18 Å². The third-order valence-electron chi connectivity index (χ3n) is 6.26. The molecule has 7 nitrogen and oxygen atoms in total. The molecule has 2 unspecified atom stereocenters. The lowest BCUT2D eigenvalue weighted by Crippen LogP contribution is -2.64. The van der Waals surface area contributed by atoms with E-state index in [1.54, 1.807) is 13.0 Å². The van der Waals surface area contributed by atoms with E-state index in [2.05, 4.69) is 25.4 Å². The molecule has 3 atom stereocenters. The van der Waals surface area contributed by atoms with Crippen molar-refractivity contribution in [2.45, 2.75) is 44.6 Å². The Balaban J connectivity index is 1.54. The highest BCUT2D eigenvalue weighted by atomic mass is 19.4. The van der Waals surface area contributed by atoms with Crippen LogP contribution >= 0.6 is 0 Å². The number of hydrogen-bond acceptors (Lipinski definition) is 7. The van der Waals surface area contributed by atoms with Crippen molar-refractivity contribution in [3.63, 3.8) is 0 Å². The fraction of sp³-hybridized carbons (Fsp3) is 0.409. The molecule has 5 rings (SSSR count). The van der Waals surface area contributed by atoms with Gasteiger partial charge in [-0.15, -0.1) is 5.10 Å². The van der Waals surface area contributed by atoms with Crippen molar-refractivity contribution in [3.8, 4) is 5.88 Å². The summed E-state index contributed by atoms with van der Waals surface area (Å²) < 4.78 is 59.6. The quantitative estimate of drug-likeness (QED) is 0.557. The van der Waals surface area contributed by atoms with Crippen LogP contribution in [-0.4, -0.2) is 45.6 Å². The summed E-state index contributed by atoms with van der Waals surface area (Å²) in [5.74, 6) is -1.24. The summed E-state index contributed by atoms with van der Waals surface area (Å²) in [6.07, 6.45) is -3.84. The summed E-state index contributed by atoms with van der Waals surface area (Å²) in [7, 11) is 0. The highest BCUT2D eigenvalue weighted by Gasteiger charge is 2.44. The number of aromatic hydroxyl groups is 1. The summed E-state index contributed by atoms with van der Waals surface area (Å²) in [6, 6.07) is 4.34. The first-order chi connectivity index (χ1) is 15.6. The smallest absolute Gasteiger partial charge is 0.419 e. The second-order valence-corrected chi connectivity index (χ2v) is 8.42. The van der Waals surface area contributed by atoms with Gasteiger partial charge in [0.1, 0.15) is 17.0 Å². The Morgan fingerprint density at radius 2 is 1.94 bits per heavy atom. The number of aromatic nitrogens is 3. The molecule has 2 aliphatic rings. The zero-order chi connectivity index (χ0) is 23.5. The largest absolute Gasteiger partial charge is 0.492 e. The molecule has 2 N–H and O–H groups in total. The Hall–Kier alpha value is -3.21. The van der Waals surface area contributed by atoms with Gasteiger partial charge in [0.25, 0.3) is 0 Å². The first-order valence-corrected chi connectivity index (χ1v) is 10.5. The van der Waals surface area contributed by atoms with Gasteiger partial charge in [-0.25, -0.2) is 9.37 Å². The maximum absolute atomic E-state index is 14.6. The number of morpholine rings is 1. The first kappa shape index (κ1) is 21.6. The normalized spacial score (nSPS) is 21.1. The van der Waals surface area contributed by atoms with Gasteiger partial charge in [-0.3, -0.25) is 0 Å². The van der Waals surface area contributed by atoms with E-state index in [1.807, 2.05) is 0 Å². The molecule has 0 amide bonds. The Labute approximate surface area is 186 Å². The molecule has 0 aliphatic carbocycles. The minimum Gasteiger partial charge on any atom is -0.492 e. The zero-order valence-electron chi connectivity index (χ0n) is 17.8. The van der Waals surface area contributed by atoms with Crippen LogP contribution in [0.15, 0.2) is 24.3 Å². The van der Waals surface area contributed by atoms with Crippen LogP contribution < -0.4 is 10.2 Å². The first-order valence-electron chi connectivity index (χ1n) is 10.5. The van der Waals surface area contributed by atoms with Gasteiger partial charge in [0, 0.05) is 10.9 Å². The molecule has 2 bridgehead atoms. The highest BCUT2D eigenvalue weighted by Crippen LogP contribution is 2.42. The molecule has 0 spiro atoms. The predicted octanol–water partition coefficient (Wildman–Crippen LogP) is 4.35. The number of nitrogens with one attached hydrogen (secondary N) is 1. The van der Waals surface area contributed by atoms with Crippen LogP contribution in [0.5, 0.6) is 5.88 Å². The van der Waals surface area contributed by atoms with Crippen LogP contribution in [0.2, 0.25) is 0 Å². The average Bonchev–Trinajstić information content (AvgIpc) is 2.76. The number of ether oxygens (including phenoxy) is 1. The van der Waals surface area contributed by atoms with Crippen LogP contribution in [-0.2, 0) is 10.9 Å². The van der Waals surface area contributed by atoms with Crippen LogP contribution in [0.4, 0.5) is 29.1 Å². The molecule has 0 saturated carbocycles. The number of anilines is 2. The molecule has 33 heavy (non-hydrogen) atoms. The molecule has 2 aliphatic heterocycles. The Morgan fingerprint density at radius 1 is 1.21 bits per heavy atom. The second-order valence-electron chi connectivity index (χ2n) is 8.42. The maximum Gasteiger partial charge on any atom is 0.419 e. The summed E-state index contributed by atoms with van der Waals surface area (Å²) in [5.41, 5.74) is -0.0779. The Bertz CT molecular complexity index is 1220. The average molecular weight is 463 g/mol. The SMILES string of the molecule is Cc1nnc(N[C@H](C)c2cccc(C(F)(F)F)c2F)c2cc(N3C4COCC3C4)c(O)nc12. The molecule has 1 aromatic carbocycles. The molecule has 2 saturated heterocycles. The lowest BCUT2D eigenvalue weighted by atomic mass is 9.90. The molecule has 0 radical (unpaired) electrons. The van der Waals surface area contributed by atoms with Crippen molar-refractivity contribution in [3.05, 3.63) is 46.9 Å². The fourth-order valence-electron chi connectivity index (χ4n) is 4.59. The summed E-state index contributed by atoms with van der Waals surface area (Å²) in [6.45, 7) is 4.34. The van der Waals surface area contributed by atoms with Crippen LogP contribution in [0, 0.1) is 12.7 Å². The fourth-order valence-corrected chi connectivity index (χ4v) is 4.59. The zero-order valence-corrected chi connectivity index (χ0v) is 17.8. The third kappa shape index (κ3) is 3.60. The van der Waals surface area contributed by atoms with Crippen molar-refractivity contribution >= 4 is 22.4 Å². The van der Waals surface area contributed by atoms with E-state index in [9.17, 15) is 22.7 Å². The van der Waals surface area contributed by atoms with Crippen molar-refractivity contribution < 1.29 is 27.4 Å². The second kappa shape index (κ2) is 7.68. The van der Waals surface area contributed by atoms with Crippen molar-refractivity contribution in [2.75, 3.05) is 23.4 Å². The van der Waals surface area contributed by atoms with E-state index in [1.165, 1.54) is 19.1 Å². The third-order valence-corrected chi connectivity index (χ3v) is 6.26. The van der Waals surface area contributed by atoms with Crippen LogP contribution in [0.25, 0.3) is 10.9 Å². The molecule has 11 heteroatoms. The maximum atomic E-state index is 14.6. The van der Waals surface area contributed by atoms with Crippen molar-refractivity contribution in [1.29, 1.82) is 0 Å².